The van der Waals surface area contributed by atoms with E-state index < -0.39 is 11.4 Å². The van der Waals surface area contributed by atoms with Gasteiger partial charge in [0, 0.05) is 5.41 Å². The van der Waals surface area contributed by atoms with E-state index >= 15 is 0 Å². The summed E-state index contributed by atoms with van der Waals surface area (Å²) >= 11 is 0. The first kappa shape index (κ1) is 23.8. The van der Waals surface area contributed by atoms with Crippen LogP contribution < -0.4 is 0 Å². The van der Waals surface area contributed by atoms with Gasteiger partial charge in [0.25, 0.3) is 5.76 Å². The van der Waals surface area contributed by atoms with Crippen LogP contribution in [0.25, 0.3) is 0 Å². The van der Waals surface area contributed by atoms with Crippen LogP contribution in [0.15, 0.2) is 11.7 Å². The number of aliphatic carboxylic acids is 1. The van der Waals surface area contributed by atoms with Crippen LogP contribution in [0.5, 0.6) is 0 Å². The zero-order valence-corrected chi connectivity index (χ0v) is 14.4. The lowest BCUT2D eigenvalue weighted by Gasteiger charge is -2.24. The molecule has 0 fully saturated rings. The third kappa shape index (κ3) is 9.27. The van der Waals surface area contributed by atoms with Gasteiger partial charge >= 0.3 is 11.9 Å². The van der Waals surface area contributed by atoms with E-state index in [9.17, 15) is 4.79 Å². The van der Waals surface area contributed by atoms with E-state index in [1.165, 1.54) is 0 Å². The number of rotatable bonds is 11. The molecule has 138 valence electrons. The fourth-order valence-corrected chi connectivity index (χ4v) is 1.27. The molecule has 0 radical (unpaired) electrons. The highest BCUT2D eigenvalue weighted by atomic mass is 16.7. The first-order valence-corrected chi connectivity index (χ1v) is 7.60. The van der Waals surface area contributed by atoms with Crippen molar-refractivity contribution in [3.05, 3.63) is 11.7 Å². The summed E-state index contributed by atoms with van der Waals surface area (Å²) in [5.41, 5.74) is -0.667. The minimum atomic E-state index is -1.19. The molecule has 0 atom stereocenters. The molecule has 0 aromatic heterocycles. The van der Waals surface area contributed by atoms with E-state index in [1.807, 2.05) is 6.92 Å². The molecular weight excluding hydrogens is 308 g/mol. The SMILES string of the molecule is CCC(CO)(CO)CO.CCOC(OCC)=C(OCC)C(=O)O. The number of aliphatic hydroxyl groups excluding tert-OH is 3. The zero-order valence-electron chi connectivity index (χ0n) is 14.4. The average molecular weight is 338 g/mol. The van der Waals surface area contributed by atoms with Gasteiger partial charge in [-0.1, -0.05) is 6.92 Å². The molecule has 23 heavy (non-hydrogen) atoms. The minimum absolute atomic E-state index is 0.0654. The van der Waals surface area contributed by atoms with E-state index in [0.717, 1.165) is 0 Å². The molecule has 0 aromatic rings. The van der Waals surface area contributed by atoms with Gasteiger partial charge in [-0.15, -0.1) is 0 Å². The van der Waals surface area contributed by atoms with Gasteiger partial charge in [0.05, 0.1) is 39.6 Å². The summed E-state index contributed by atoms with van der Waals surface area (Å²) < 4.78 is 14.9. The van der Waals surface area contributed by atoms with Crippen molar-refractivity contribution in [3.8, 4) is 0 Å². The summed E-state index contributed by atoms with van der Waals surface area (Å²) in [6.45, 7) is 7.45. The summed E-state index contributed by atoms with van der Waals surface area (Å²) in [7, 11) is 0. The molecule has 0 saturated heterocycles. The fraction of sp³-hybridized carbons (Fsp3) is 0.800. The average Bonchev–Trinajstić information content (AvgIpc) is 2.55. The van der Waals surface area contributed by atoms with Crippen LogP contribution in [0, 0.1) is 5.41 Å². The van der Waals surface area contributed by atoms with Crippen LogP contribution in [-0.4, -0.2) is 66.0 Å². The molecule has 0 amide bonds. The highest BCUT2D eigenvalue weighted by Gasteiger charge is 2.24. The normalized spacial score (nSPS) is 10.2. The van der Waals surface area contributed by atoms with E-state index in [1.54, 1.807) is 20.8 Å². The second kappa shape index (κ2) is 14.1. The van der Waals surface area contributed by atoms with Crippen molar-refractivity contribution in [1.82, 2.24) is 0 Å². The Morgan fingerprint density at radius 2 is 1.22 bits per heavy atom. The maximum atomic E-state index is 10.7. The van der Waals surface area contributed by atoms with Gasteiger partial charge < -0.3 is 34.6 Å². The van der Waals surface area contributed by atoms with Crippen molar-refractivity contribution >= 4 is 5.97 Å². The third-order valence-corrected chi connectivity index (χ3v) is 2.98. The summed E-state index contributed by atoms with van der Waals surface area (Å²) in [6.07, 6.45) is 0.594. The molecule has 0 bridgehead atoms. The van der Waals surface area contributed by atoms with Crippen LogP contribution in [0.1, 0.15) is 34.1 Å². The lowest BCUT2D eigenvalue weighted by molar-refractivity contribution is -0.138. The Morgan fingerprint density at radius 1 is 0.826 bits per heavy atom. The van der Waals surface area contributed by atoms with Crippen LogP contribution in [0.4, 0.5) is 0 Å². The molecule has 0 aromatic carbocycles. The van der Waals surface area contributed by atoms with E-state index in [0.29, 0.717) is 19.6 Å². The van der Waals surface area contributed by atoms with Crippen LogP contribution in [0.3, 0.4) is 0 Å². The molecule has 0 spiro atoms. The van der Waals surface area contributed by atoms with E-state index in [4.69, 9.17) is 34.6 Å². The lowest BCUT2D eigenvalue weighted by Crippen LogP contribution is -2.32. The largest absolute Gasteiger partial charge is 0.482 e. The van der Waals surface area contributed by atoms with Gasteiger partial charge in [-0.2, -0.15) is 0 Å². The van der Waals surface area contributed by atoms with Crippen molar-refractivity contribution in [3.63, 3.8) is 0 Å². The molecule has 0 aliphatic heterocycles. The van der Waals surface area contributed by atoms with Gasteiger partial charge in [-0.25, -0.2) is 4.79 Å². The standard InChI is InChI=1S/C9H16O5.C6H14O3/c1-4-12-7(8(10)11)9(13-5-2)14-6-3;1-2-6(3-7,4-8)5-9/h4-6H2,1-3H3,(H,10,11);7-9H,2-5H2,1H3. The summed E-state index contributed by atoms with van der Waals surface area (Å²) in [5.74, 6) is -1.54. The first-order chi connectivity index (χ1) is 10.9. The quantitative estimate of drug-likeness (QED) is 0.320. The van der Waals surface area contributed by atoms with Gasteiger partial charge in [0.2, 0.25) is 0 Å². The Hall–Kier alpha value is -1.51. The van der Waals surface area contributed by atoms with Gasteiger partial charge in [-0.3, -0.25) is 0 Å². The molecule has 0 aliphatic rings. The number of carbonyl (C=O) groups is 1. The maximum absolute atomic E-state index is 10.7. The monoisotopic (exact) mass is 338 g/mol. The number of aliphatic hydroxyl groups is 3. The second-order valence-corrected chi connectivity index (χ2v) is 4.55. The Labute approximate surface area is 137 Å². The number of carboxylic acid groups (broad SMARTS) is 1. The lowest BCUT2D eigenvalue weighted by atomic mass is 9.88. The van der Waals surface area contributed by atoms with Crippen LogP contribution in [0.2, 0.25) is 0 Å². The summed E-state index contributed by atoms with van der Waals surface area (Å²) in [5, 5.41) is 34.8. The predicted molar refractivity (Wildman–Crippen MR) is 83.5 cm³/mol. The van der Waals surface area contributed by atoms with E-state index in [-0.39, 0.29) is 38.1 Å². The molecule has 0 rings (SSSR count). The molecule has 0 heterocycles. The minimum Gasteiger partial charge on any atom is -0.482 e. The molecule has 4 N–H and O–H groups in total. The molecule has 0 saturated carbocycles. The highest BCUT2D eigenvalue weighted by molar-refractivity contribution is 5.84. The molecule has 8 nitrogen and oxygen atoms in total. The predicted octanol–water partition coefficient (Wildman–Crippen LogP) is 0.709. The second-order valence-electron chi connectivity index (χ2n) is 4.55. The van der Waals surface area contributed by atoms with Gasteiger partial charge in [0.15, 0.2) is 0 Å². The van der Waals surface area contributed by atoms with Crippen LogP contribution in [-0.2, 0) is 19.0 Å². The Bertz CT molecular complexity index is 311. The maximum Gasteiger partial charge on any atom is 0.378 e. The Balaban J connectivity index is 0. The number of hydrogen-bond donors (Lipinski definition) is 4. The van der Waals surface area contributed by atoms with Crippen molar-refractivity contribution in [1.29, 1.82) is 0 Å². The topological polar surface area (TPSA) is 126 Å². The third-order valence-electron chi connectivity index (χ3n) is 2.98. The summed E-state index contributed by atoms with van der Waals surface area (Å²) in [6, 6.07) is 0. The summed E-state index contributed by atoms with van der Waals surface area (Å²) in [4.78, 5) is 10.7. The van der Waals surface area contributed by atoms with Crippen molar-refractivity contribution in [2.24, 2.45) is 5.41 Å². The zero-order chi connectivity index (χ0) is 18.3. The molecule has 8 heteroatoms. The van der Waals surface area contributed by atoms with Crippen LogP contribution >= 0.6 is 0 Å². The Morgan fingerprint density at radius 3 is 1.39 bits per heavy atom. The van der Waals surface area contributed by atoms with Crippen molar-refractivity contribution in [2.45, 2.75) is 34.1 Å². The fourth-order valence-electron chi connectivity index (χ4n) is 1.27. The smallest absolute Gasteiger partial charge is 0.378 e. The number of hydrogen-bond acceptors (Lipinski definition) is 7. The number of ether oxygens (including phenoxy) is 3. The van der Waals surface area contributed by atoms with Crippen molar-refractivity contribution < 1.29 is 39.4 Å². The number of carboxylic acids is 1. The first-order valence-electron chi connectivity index (χ1n) is 7.60. The van der Waals surface area contributed by atoms with Gasteiger partial charge in [-0.05, 0) is 27.2 Å². The molecular formula is C15H30O8. The molecule has 0 unspecified atom stereocenters. The Kier molecular flexibility index (Phi) is 14.6. The van der Waals surface area contributed by atoms with E-state index in [2.05, 4.69) is 0 Å². The van der Waals surface area contributed by atoms with Crippen molar-refractivity contribution in [2.75, 3.05) is 39.6 Å². The van der Waals surface area contributed by atoms with Gasteiger partial charge in [0.1, 0.15) is 0 Å². The molecule has 0 aliphatic carbocycles. The highest BCUT2D eigenvalue weighted by Crippen LogP contribution is 2.18.